The van der Waals surface area contributed by atoms with Crippen molar-refractivity contribution in [2.24, 2.45) is 0 Å². The van der Waals surface area contributed by atoms with Crippen molar-refractivity contribution in [3.05, 3.63) is 35.4 Å². The third kappa shape index (κ3) is 2.80. The lowest BCUT2D eigenvalue weighted by Gasteiger charge is -2.09. The standard InChI is InChI=1S/C10H10F3NO2/c1-6(14-16)9(15)7-2-4-8(5-3-7)10(11,12)13/h2-6,14,16H,1H3/t6-/m0/s1. The van der Waals surface area contributed by atoms with E-state index in [1.165, 1.54) is 6.92 Å². The molecule has 0 spiro atoms. The van der Waals surface area contributed by atoms with Crippen molar-refractivity contribution >= 4 is 5.78 Å². The Balaban J connectivity index is 2.91. The summed E-state index contributed by atoms with van der Waals surface area (Å²) in [5.74, 6) is -0.476. The second kappa shape index (κ2) is 4.63. The fourth-order valence-electron chi connectivity index (χ4n) is 1.13. The molecule has 0 saturated carbocycles. The van der Waals surface area contributed by atoms with Crippen molar-refractivity contribution in [2.75, 3.05) is 0 Å². The van der Waals surface area contributed by atoms with Crippen LogP contribution in [0.25, 0.3) is 0 Å². The van der Waals surface area contributed by atoms with Gasteiger partial charge in [0.25, 0.3) is 0 Å². The molecule has 0 bridgehead atoms. The van der Waals surface area contributed by atoms with E-state index >= 15 is 0 Å². The number of hydrogen-bond acceptors (Lipinski definition) is 3. The number of hydroxylamine groups is 1. The van der Waals surface area contributed by atoms with Gasteiger partial charge in [0.1, 0.15) is 0 Å². The topological polar surface area (TPSA) is 49.3 Å². The van der Waals surface area contributed by atoms with E-state index in [1.807, 2.05) is 0 Å². The molecule has 1 rings (SSSR count). The minimum atomic E-state index is -4.41. The molecule has 88 valence electrons. The maximum absolute atomic E-state index is 12.2. The SMILES string of the molecule is C[C@H](NO)C(=O)c1ccc(C(F)(F)F)cc1. The van der Waals surface area contributed by atoms with E-state index < -0.39 is 23.6 Å². The molecule has 1 aromatic carbocycles. The van der Waals surface area contributed by atoms with Crippen LogP contribution in [0.15, 0.2) is 24.3 Å². The summed E-state index contributed by atoms with van der Waals surface area (Å²) in [6.07, 6.45) is -4.41. The van der Waals surface area contributed by atoms with Crippen LogP contribution in [0.1, 0.15) is 22.8 Å². The average Bonchev–Trinajstić information content (AvgIpc) is 2.26. The normalized spacial score (nSPS) is 13.6. The first-order valence-corrected chi connectivity index (χ1v) is 4.47. The van der Waals surface area contributed by atoms with Crippen molar-refractivity contribution in [1.29, 1.82) is 0 Å². The van der Waals surface area contributed by atoms with Gasteiger partial charge in [-0.2, -0.15) is 18.7 Å². The molecular formula is C10H10F3NO2. The highest BCUT2D eigenvalue weighted by atomic mass is 19.4. The molecule has 0 fully saturated rings. The highest BCUT2D eigenvalue weighted by Crippen LogP contribution is 2.29. The Morgan fingerprint density at radius 1 is 1.31 bits per heavy atom. The maximum Gasteiger partial charge on any atom is 0.416 e. The predicted molar refractivity (Wildman–Crippen MR) is 50.2 cm³/mol. The van der Waals surface area contributed by atoms with E-state index in [2.05, 4.69) is 0 Å². The molecule has 0 unspecified atom stereocenters. The molecule has 2 N–H and O–H groups in total. The highest BCUT2D eigenvalue weighted by molar-refractivity contribution is 5.99. The third-order valence-corrected chi connectivity index (χ3v) is 2.08. The van der Waals surface area contributed by atoms with Gasteiger partial charge in [-0.1, -0.05) is 12.1 Å². The van der Waals surface area contributed by atoms with E-state index in [0.29, 0.717) is 0 Å². The Kier molecular flexibility index (Phi) is 3.66. The minimum Gasteiger partial charge on any atom is -0.316 e. The first-order valence-electron chi connectivity index (χ1n) is 4.47. The van der Waals surface area contributed by atoms with Gasteiger partial charge in [0, 0.05) is 5.56 Å². The number of ketones is 1. The van der Waals surface area contributed by atoms with Gasteiger partial charge in [-0.15, -0.1) is 0 Å². The van der Waals surface area contributed by atoms with Gasteiger partial charge in [-0.05, 0) is 19.1 Å². The number of alkyl halides is 3. The zero-order valence-corrected chi connectivity index (χ0v) is 8.38. The zero-order chi connectivity index (χ0) is 12.3. The van der Waals surface area contributed by atoms with E-state index in [9.17, 15) is 18.0 Å². The largest absolute Gasteiger partial charge is 0.416 e. The monoisotopic (exact) mass is 233 g/mol. The van der Waals surface area contributed by atoms with Crippen LogP contribution >= 0.6 is 0 Å². The second-order valence-electron chi connectivity index (χ2n) is 3.29. The minimum absolute atomic E-state index is 0.113. The van der Waals surface area contributed by atoms with E-state index in [1.54, 1.807) is 5.48 Å². The van der Waals surface area contributed by atoms with Crippen molar-refractivity contribution < 1.29 is 23.2 Å². The Morgan fingerprint density at radius 2 is 1.81 bits per heavy atom. The van der Waals surface area contributed by atoms with Crippen LogP contribution < -0.4 is 5.48 Å². The van der Waals surface area contributed by atoms with Crippen molar-refractivity contribution in [3.63, 3.8) is 0 Å². The summed E-state index contributed by atoms with van der Waals surface area (Å²) in [7, 11) is 0. The Bertz CT molecular complexity index is 373. The first-order chi connectivity index (χ1) is 7.36. The fourth-order valence-corrected chi connectivity index (χ4v) is 1.13. The Morgan fingerprint density at radius 3 is 2.19 bits per heavy atom. The summed E-state index contributed by atoms with van der Waals surface area (Å²) < 4.78 is 36.6. The lowest BCUT2D eigenvalue weighted by Crippen LogP contribution is -2.31. The number of hydrogen-bond donors (Lipinski definition) is 2. The molecule has 0 aliphatic heterocycles. The van der Waals surface area contributed by atoms with Gasteiger partial charge in [0.15, 0.2) is 5.78 Å². The molecule has 1 aromatic rings. The molecule has 6 heteroatoms. The molecule has 0 saturated heterocycles. The zero-order valence-electron chi connectivity index (χ0n) is 8.38. The van der Waals surface area contributed by atoms with Gasteiger partial charge in [-0.25, -0.2) is 0 Å². The Labute approximate surface area is 89.8 Å². The molecule has 0 aromatic heterocycles. The van der Waals surface area contributed by atoms with Crippen LogP contribution in [0.5, 0.6) is 0 Å². The quantitative estimate of drug-likeness (QED) is 0.621. The van der Waals surface area contributed by atoms with Crippen LogP contribution in [0.3, 0.4) is 0 Å². The second-order valence-corrected chi connectivity index (χ2v) is 3.29. The number of carbonyl (C=O) groups is 1. The van der Waals surface area contributed by atoms with E-state index in [0.717, 1.165) is 24.3 Å². The summed E-state index contributed by atoms with van der Waals surface area (Å²) in [4.78, 5) is 11.4. The van der Waals surface area contributed by atoms with Crippen LogP contribution in [0, 0.1) is 0 Å². The average molecular weight is 233 g/mol. The summed E-state index contributed by atoms with van der Waals surface area (Å²) in [5, 5.41) is 8.50. The van der Waals surface area contributed by atoms with Crippen LogP contribution in [0.2, 0.25) is 0 Å². The summed E-state index contributed by atoms with van der Waals surface area (Å²) >= 11 is 0. The fraction of sp³-hybridized carbons (Fsp3) is 0.300. The Hall–Kier alpha value is -1.40. The number of carbonyl (C=O) groups excluding carboxylic acids is 1. The van der Waals surface area contributed by atoms with Crippen LogP contribution in [-0.2, 0) is 6.18 Å². The van der Waals surface area contributed by atoms with E-state index in [-0.39, 0.29) is 5.56 Å². The third-order valence-electron chi connectivity index (χ3n) is 2.08. The van der Waals surface area contributed by atoms with Crippen molar-refractivity contribution in [3.8, 4) is 0 Å². The van der Waals surface area contributed by atoms with Gasteiger partial charge in [0.05, 0.1) is 11.6 Å². The van der Waals surface area contributed by atoms with Crippen molar-refractivity contribution in [2.45, 2.75) is 19.1 Å². The van der Waals surface area contributed by atoms with Gasteiger partial charge >= 0.3 is 6.18 Å². The van der Waals surface area contributed by atoms with Gasteiger partial charge in [-0.3, -0.25) is 4.79 Å². The van der Waals surface area contributed by atoms with Gasteiger partial charge < -0.3 is 5.21 Å². The molecular weight excluding hydrogens is 223 g/mol. The molecule has 16 heavy (non-hydrogen) atoms. The van der Waals surface area contributed by atoms with Gasteiger partial charge in [0.2, 0.25) is 0 Å². The molecule has 0 aliphatic carbocycles. The summed E-state index contributed by atoms with van der Waals surface area (Å²) in [6.45, 7) is 1.40. The number of benzene rings is 1. The smallest absolute Gasteiger partial charge is 0.316 e. The highest BCUT2D eigenvalue weighted by Gasteiger charge is 2.30. The molecule has 0 radical (unpaired) electrons. The predicted octanol–water partition coefficient (Wildman–Crippen LogP) is 2.26. The number of nitrogens with one attached hydrogen (secondary N) is 1. The van der Waals surface area contributed by atoms with Crippen LogP contribution in [0.4, 0.5) is 13.2 Å². The van der Waals surface area contributed by atoms with Crippen molar-refractivity contribution in [1.82, 2.24) is 5.48 Å². The molecule has 3 nitrogen and oxygen atoms in total. The first kappa shape index (κ1) is 12.7. The molecule has 0 amide bonds. The maximum atomic E-state index is 12.2. The molecule has 0 aliphatic rings. The number of rotatable bonds is 3. The number of Topliss-reactive ketones (excluding diaryl/α,β-unsaturated/α-hetero) is 1. The molecule has 1 atom stereocenters. The van der Waals surface area contributed by atoms with E-state index in [4.69, 9.17) is 5.21 Å². The lowest BCUT2D eigenvalue weighted by atomic mass is 10.0. The summed E-state index contributed by atoms with van der Waals surface area (Å²) in [6, 6.07) is 2.98. The summed E-state index contributed by atoms with van der Waals surface area (Å²) in [5.41, 5.74) is 1.04. The number of halogens is 3. The lowest BCUT2D eigenvalue weighted by molar-refractivity contribution is -0.137. The molecule has 0 heterocycles. The van der Waals surface area contributed by atoms with Crippen LogP contribution in [-0.4, -0.2) is 17.0 Å².